The summed E-state index contributed by atoms with van der Waals surface area (Å²) in [6.45, 7) is 0. The van der Waals surface area contributed by atoms with Gasteiger partial charge in [0.1, 0.15) is 11.5 Å². The molecule has 0 unspecified atom stereocenters. The Morgan fingerprint density at radius 3 is 1.50 bits per heavy atom. The zero-order chi connectivity index (χ0) is 23.6. The Bertz CT molecular complexity index is 1040. The Hall–Kier alpha value is -3.49. The van der Waals surface area contributed by atoms with Crippen molar-refractivity contribution in [2.24, 2.45) is 0 Å². The highest BCUT2D eigenvalue weighted by Gasteiger charge is 2.72. The summed E-state index contributed by atoms with van der Waals surface area (Å²) in [6, 6.07) is 14.3. The highest BCUT2D eigenvalue weighted by molar-refractivity contribution is 5.90. The monoisotopic (exact) mass is 454 g/mol. The molecule has 0 spiro atoms. The van der Waals surface area contributed by atoms with Crippen molar-refractivity contribution in [1.82, 2.24) is 0 Å². The van der Waals surface area contributed by atoms with E-state index in [1.165, 1.54) is 19.2 Å². The smallest absolute Gasteiger partial charge is 0.411 e. The van der Waals surface area contributed by atoms with Crippen molar-refractivity contribution >= 4 is 5.97 Å². The van der Waals surface area contributed by atoms with Gasteiger partial charge in [0, 0.05) is 0 Å². The van der Waals surface area contributed by atoms with Gasteiger partial charge < -0.3 is 9.47 Å². The second-order valence-electron chi connectivity index (χ2n) is 6.75. The SMILES string of the molecule is COc1ccc(C(c2ccc(OC(=O)c3ccccc3)cc2)(C(F)(F)F)C(F)(F)F)cc1. The first-order chi connectivity index (χ1) is 15.0. The number of halogens is 6. The van der Waals surface area contributed by atoms with Crippen LogP contribution in [-0.2, 0) is 5.41 Å². The van der Waals surface area contributed by atoms with Crippen LogP contribution in [0.3, 0.4) is 0 Å². The quantitative estimate of drug-likeness (QED) is 0.257. The van der Waals surface area contributed by atoms with Crippen LogP contribution in [0.2, 0.25) is 0 Å². The molecular formula is C23H16F6O3. The van der Waals surface area contributed by atoms with Crippen LogP contribution in [0.25, 0.3) is 0 Å². The van der Waals surface area contributed by atoms with Gasteiger partial charge >= 0.3 is 18.3 Å². The van der Waals surface area contributed by atoms with E-state index in [-0.39, 0.29) is 17.1 Å². The van der Waals surface area contributed by atoms with Crippen LogP contribution in [0.4, 0.5) is 26.3 Å². The number of ether oxygens (including phenoxy) is 2. The average Bonchev–Trinajstić information content (AvgIpc) is 2.74. The average molecular weight is 454 g/mol. The maximum atomic E-state index is 14.1. The number of methoxy groups -OCH3 is 1. The first-order valence-corrected chi connectivity index (χ1v) is 9.16. The van der Waals surface area contributed by atoms with Gasteiger partial charge in [-0.15, -0.1) is 0 Å². The molecule has 0 heterocycles. The molecular weight excluding hydrogens is 438 g/mol. The summed E-state index contributed by atoms with van der Waals surface area (Å²) in [7, 11) is 1.24. The molecule has 168 valence electrons. The van der Waals surface area contributed by atoms with E-state index in [2.05, 4.69) is 0 Å². The second kappa shape index (κ2) is 8.57. The van der Waals surface area contributed by atoms with Gasteiger partial charge in [-0.05, 0) is 47.5 Å². The fraction of sp³-hybridized carbons (Fsp3) is 0.174. The molecule has 0 saturated carbocycles. The van der Waals surface area contributed by atoms with E-state index in [1.807, 2.05) is 0 Å². The molecule has 0 fully saturated rings. The molecule has 0 N–H and O–H groups in total. The molecule has 0 radical (unpaired) electrons. The van der Waals surface area contributed by atoms with E-state index >= 15 is 0 Å². The van der Waals surface area contributed by atoms with Gasteiger partial charge in [-0.1, -0.05) is 42.5 Å². The van der Waals surface area contributed by atoms with Crippen LogP contribution in [-0.4, -0.2) is 25.4 Å². The summed E-state index contributed by atoms with van der Waals surface area (Å²) < 4.78 is 94.6. The Balaban J connectivity index is 2.06. The van der Waals surface area contributed by atoms with Crippen LogP contribution >= 0.6 is 0 Å². The van der Waals surface area contributed by atoms with E-state index in [9.17, 15) is 31.1 Å². The summed E-state index contributed by atoms with van der Waals surface area (Å²) in [6.07, 6.45) is -11.4. The molecule has 0 aromatic heterocycles. The highest BCUT2D eigenvalue weighted by atomic mass is 19.4. The molecule has 0 amide bonds. The number of rotatable bonds is 5. The van der Waals surface area contributed by atoms with Crippen LogP contribution in [0.15, 0.2) is 78.9 Å². The first-order valence-electron chi connectivity index (χ1n) is 9.16. The fourth-order valence-corrected chi connectivity index (χ4v) is 3.34. The number of hydrogen-bond acceptors (Lipinski definition) is 3. The standard InChI is InChI=1S/C23H16F6O3/c1-31-18-11-7-16(8-12-18)21(22(24,25)26,23(27,28)29)17-9-13-19(14-10-17)32-20(30)15-5-3-2-4-6-15/h2-14H,1H3. The molecule has 3 nitrogen and oxygen atoms in total. The zero-order valence-corrected chi connectivity index (χ0v) is 16.5. The lowest BCUT2D eigenvalue weighted by Gasteiger charge is -2.38. The van der Waals surface area contributed by atoms with Gasteiger partial charge in [-0.25, -0.2) is 4.79 Å². The van der Waals surface area contributed by atoms with Crippen LogP contribution in [0.1, 0.15) is 21.5 Å². The van der Waals surface area contributed by atoms with Crippen molar-refractivity contribution in [2.45, 2.75) is 17.8 Å². The lowest BCUT2D eigenvalue weighted by molar-refractivity contribution is -0.288. The van der Waals surface area contributed by atoms with Gasteiger partial charge in [0.2, 0.25) is 5.41 Å². The van der Waals surface area contributed by atoms with Gasteiger partial charge in [-0.2, -0.15) is 26.3 Å². The van der Waals surface area contributed by atoms with Gasteiger partial charge in [0.15, 0.2) is 0 Å². The van der Waals surface area contributed by atoms with E-state index in [4.69, 9.17) is 9.47 Å². The minimum absolute atomic E-state index is 0.107. The summed E-state index contributed by atoms with van der Waals surface area (Å²) in [5, 5.41) is 0. The number of benzene rings is 3. The van der Waals surface area contributed by atoms with Crippen molar-refractivity contribution in [3.8, 4) is 11.5 Å². The van der Waals surface area contributed by atoms with Gasteiger partial charge in [0.05, 0.1) is 12.7 Å². The topological polar surface area (TPSA) is 35.5 Å². The molecule has 3 aromatic carbocycles. The molecule has 0 aliphatic rings. The van der Waals surface area contributed by atoms with Crippen LogP contribution in [0.5, 0.6) is 11.5 Å². The van der Waals surface area contributed by atoms with Gasteiger partial charge in [0.25, 0.3) is 0 Å². The third-order valence-electron chi connectivity index (χ3n) is 4.88. The van der Waals surface area contributed by atoms with E-state index in [0.717, 1.165) is 36.4 Å². The summed E-state index contributed by atoms with van der Waals surface area (Å²) in [4.78, 5) is 12.1. The number of hydrogen-bond donors (Lipinski definition) is 0. The molecule has 9 heteroatoms. The predicted octanol–water partition coefficient (Wildman–Crippen LogP) is 6.33. The highest BCUT2D eigenvalue weighted by Crippen LogP contribution is 2.56. The fourth-order valence-electron chi connectivity index (χ4n) is 3.34. The second-order valence-corrected chi connectivity index (χ2v) is 6.75. The minimum Gasteiger partial charge on any atom is -0.497 e. The Morgan fingerprint density at radius 2 is 1.09 bits per heavy atom. The molecule has 32 heavy (non-hydrogen) atoms. The Kier molecular flexibility index (Phi) is 6.20. The largest absolute Gasteiger partial charge is 0.497 e. The van der Waals surface area contributed by atoms with Crippen LogP contribution < -0.4 is 9.47 Å². The van der Waals surface area contributed by atoms with Gasteiger partial charge in [-0.3, -0.25) is 0 Å². The maximum Gasteiger partial charge on any atom is 0.411 e. The Labute approximate surface area is 179 Å². The molecule has 0 bridgehead atoms. The zero-order valence-electron chi connectivity index (χ0n) is 16.5. The third-order valence-corrected chi connectivity index (χ3v) is 4.88. The molecule has 0 saturated heterocycles. The van der Waals surface area contributed by atoms with Crippen molar-refractivity contribution in [3.63, 3.8) is 0 Å². The molecule has 0 aliphatic heterocycles. The summed E-state index contributed by atoms with van der Waals surface area (Å²) in [5.41, 5.74) is -6.21. The van der Waals surface area contributed by atoms with Crippen LogP contribution in [0, 0.1) is 0 Å². The first kappa shape index (κ1) is 23.2. The number of alkyl halides is 6. The third kappa shape index (κ3) is 4.15. The normalized spacial score (nSPS) is 12.3. The number of carbonyl (C=O) groups excluding carboxylic acids is 1. The van der Waals surface area contributed by atoms with E-state index in [1.54, 1.807) is 18.2 Å². The number of carbonyl (C=O) groups is 1. The van der Waals surface area contributed by atoms with E-state index in [0.29, 0.717) is 12.1 Å². The van der Waals surface area contributed by atoms with Crippen molar-refractivity contribution in [1.29, 1.82) is 0 Å². The summed E-state index contributed by atoms with van der Waals surface area (Å²) >= 11 is 0. The lowest BCUT2D eigenvalue weighted by atomic mass is 9.73. The molecule has 0 aliphatic carbocycles. The maximum absolute atomic E-state index is 14.1. The number of esters is 1. The van der Waals surface area contributed by atoms with E-state index < -0.39 is 34.9 Å². The molecule has 0 atom stereocenters. The molecule has 3 aromatic rings. The van der Waals surface area contributed by atoms with Crippen molar-refractivity contribution < 1.29 is 40.6 Å². The minimum atomic E-state index is -5.72. The lowest BCUT2D eigenvalue weighted by Crippen LogP contribution is -2.54. The predicted molar refractivity (Wildman–Crippen MR) is 104 cm³/mol. The van der Waals surface area contributed by atoms with Crippen molar-refractivity contribution in [2.75, 3.05) is 7.11 Å². The summed E-state index contributed by atoms with van der Waals surface area (Å²) in [5.74, 6) is -0.892. The molecule has 3 rings (SSSR count). The van der Waals surface area contributed by atoms with Crippen molar-refractivity contribution in [3.05, 3.63) is 95.6 Å². The Morgan fingerprint density at radius 1 is 0.656 bits per heavy atom.